The van der Waals surface area contributed by atoms with Crippen molar-refractivity contribution in [3.63, 3.8) is 0 Å². The number of hydrogen-bond donors (Lipinski definition) is 1. The van der Waals surface area contributed by atoms with E-state index in [9.17, 15) is 4.39 Å². The molecule has 1 heterocycles. The topological polar surface area (TPSA) is 12.0 Å². The first-order chi connectivity index (χ1) is 10.0. The smallest absolute Gasteiger partial charge is 0.124 e. The average Bonchev–Trinajstić information content (AvgIpc) is 2.88. The van der Waals surface area contributed by atoms with Gasteiger partial charge in [0.1, 0.15) is 5.82 Å². The molecule has 0 aliphatic carbocycles. The van der Waals surface area contributed by atoms with E-state index in [1.807, 2.05) is 6.07 Å². The van der Waals surface area contributed by atoms with Gasteiger partial charge in [0.2, 0.25) is 0 Å². The van der Waals surface area contributed by atoms with Crippen LogP contribution in [-0.4, -0.2) is 6.54 Å². The Morgan fingerprint density at radius 3 is 2.62 bits per heavy atom. The van der Waals surface area contributed by atoms with Crippen LogP contribution in [0.5, 0.6) is 0 Å². The van der Waals surface area contributed by atoms with Gasteiger partial charge in [0, 0.05) is 25.8 Å². The van der Waals surface area contributed by atoms with Crippen molar-refractivity contribution in [2.75, 3.05) is 6.54 Å². The Morgan fingerprint density at radius 1 is 1.24 bits per heavy atom. The zero-order valence-corrected chi connectivity index (χ0v) is 15.0. The molecule has 0 saturated carbocycles. The van der Waals surface area contributed by atoms with E-state index < -0.39 is 0 Å². The summed E-state index contributed by atoms with van der Waals surface area (Å²) in [6.07, 6.45) is 1.13. The van der Waals surface area contributed by atoms with Crippen molar-refractivity contribution in [2.45, 2.75) is 33.2 Å². The molecule has 0 aliphatic rings. The lowest BCUT2D eigenvalue weighted by molar-refractivity contribution is 0.418. The lowest BCUT2D eigenvalue weighted by Crippen LogP contribution is -2.25. The molecular formula is C17H21BrFNS. The first-order valence-electron chi connectivity index (χ1n) is 7.31. The normalized spacial score (nSPS) is 12.9. The maximum Gasteiger partial charge on any atom is 0.124 e. The predicted molar refractivity (Wildman–Crippen MR) is 93.3 cm³/mol. The summed E-state index contributed by atoms with van der Waals surface area (Å²) in [6.45, 7) is 7.68. The first-order valence-corrected chi connectivity index (χ1v) is 8.92. The van der Waals surface area contributed by atoms with Crippen LogP contribution in [0, 0.1) is 11.7 Å². The Balaban J connectivity index is 2.27. The number of nitrogens with one attached hydrogen (secondary N) is 1. The van der Waals surface area contributed by atoms with Gasteiger partial charge in [-0.1, -0.05) is 36.7 Å². The summed E-state index contributed by atoms with van der Waals surface area (Å²) < 4.78 is 14.0. The quantitative estimate of drug-likeness (QED) is 0.656. The Labute approximate surface area is 138 Å². The van der Waals surface area contributed by atoms with Gasteiger partial charge in [-0.15, -0.1) is 11.3 Å². The lowest BCUT2D eigenvalue weighted by Gasteiger charge is -2.21. The van der Waals surface area contributed by atoms with Crippen LogP contribution in [0.25, 0.3) is 10.4 Å². The molecule has 0 saturated heterocycles. The highest BCUT2D eigenvalue weighted by Crippen LogP contribution is 2.37. The van der Waals surface area contributed by atoms with Crippen molar-refractivity contribution in [2.24, 2.45) is 5.92 Å². The molecule has 0 amide bonds. The van der Waals surface area contributed by atoms with Crippen molar-refractivity contribution < 1.29 is 4.39 Å². The van der Waals surface area contributed by atoms with Gasteiger partial charge in [0.05, 0.1) is 0 Å². The molecule has 0 aliphatic heterocycles. The molecule has 4 heteroatoms. The summed E-state index contributed by atoms with van der Waals surface area (Å²) in [5, 5.41) is 3.61. The highest BCUT2D eigenvalue weighted by atomic mass is 79.9. The summed E-state index contributed by atoms with van der Waals surface area (Å²) in [7, 11) is 0. The van der Waals surface area contributed by atoms with Crippen LogP contribution in [0.2, 0.25) is 0 Å². The Kier molecular flexibility index (Phi) is 5.97. The molecule has 21 heavy (non-hydrogen) atoms. The molecule has 0 spiro atoms. The summed E-state index contributed by atoms with van der Waals surface area (Å²) in [6, 6.07) is 9.55. The standard InChI is InChI=1S/C17H21BrFNS/c1-4-9-20-17(11(2)3)16-8-7-15(21-16)13-6-5-12(19)10-14(13)18/h5-8,10-11,17,20H,4,9H2,1-3H3. The van der Waals surface area contributed by atoms with E-state index in [-0.39, 0.29) is 5.82 Å². The molecule has 1 nitrogen and oxygen atoms in total. The molecule has 1 unspecified atom stereocenters. The molecule has 0 radical (unpaired) electrons. The van der Waals surface area contributed by atoms with Gasteiger partial charge in [0.25, 0.3) is 0 Å². The molecule has 2 aromatic rings. The Bertz CT molecular complexity index is 594. The van der Waals surface area contributed by atoms with E-state index >= 15 is 0 Å². The van der Waals surface area contributed by atoms with Crippen molar-refractivity contribution in [3.8, 4) is 10.4 Å². The third kappa shape index (κ3) is 4.15. The minimum atomic E-state index is -0.216. The zero-order chi connectivity index (χ0) is 15.4. The van der Waals surface area contributed by atoms with Gasteiger partial charge < -0.3 is 5.32 Å². The largest absolute Gasteiger partial charge is 0.309 e. The summed E-state index contributed by atoms with van der Waals surface area (Å²) in [5.74, 6) is 0.326. The second-order valence-electron chi connectivity index (χ2n) is 5.50. The van der Waals surface area contributed by atoms with E-state index in [1.165, 1.54) is 21.9 Å². The predicted octanol–water partition coefficient (Wildman–Crippen LogP) is 6.01. The van der Waals surface area contributed by atoms with E-state index in [0.29, 0.717) is 12.0 Å². The minimum Gasteiger partial charge on any atom is -0.309 e. The van der Waals surface area contributed by atoms with Gasteiger partial charge in [-0.2, -0.15) is 0 Å². The van der Waals surface area contributed by atoms with Crippen LogP contribution in [0.4, 0.5) is 4.39 Å². The molecule has 0 fully saturated rings. The second-order valence-corrected chi connectivity index (χ2v) is 7.47. The minimum absolute atomic E-state index is 0.216. The van der Waals surface area contributed by atoms with Crippen LogP contribution >= 0.6 is 27.3 Å². The number of halogens is 2. The maximum absolute atomic E-state index is 13.2. The molecule has 1 aromatic carbocycles. The fraction of sp³-hybridized carbons (Fsp3) is 0.412. The molecule has 0 bridgehead atoms. The van der Waals surface area contributed by atoms with E-state index in [4.69, 9.17) is 0 Å². The van der Waals surface area contributed by atoms with Crippen molar-refractivity contribution >= 4 is 27.3 Å². The Morgan fingerprint density at radius 2 is 2.00 bits per heavy atom. The number of rotatable bonds is 6. The third-order valence-corrected chi connectivity index (χ3v) is 5.27. The van der Waals surface area contributed by atoms with Crippen molar-refractivity contribution in [1.82, 2.24) is 5.32 Å². The van der Waals surface area contributed by atoms with Crippen LogP contribution in [0.1, 0.15) is 38.1 Å². The third-order valence-electron chi connectivity index (χ3n) is 3.41. The Hall–Kier alpha value is -0.710. The van der Waals surface area contributed by atoms with Gasteiger partial charge in [-0.05, 0) is 49.2 Å². The second kappa shape index (κ2) is 7.52. The van der Waals surface area contributed by atoms with Crippen LogP contribution < -0.4 is 5.32 Å². The number of benzene rings is 1. The fourth-order valence-corrected chi connectivity index (χ4v) is 4.31. The highest BCUT2D eigenvalue weighted by Gasteiger charge is 2.18. The van der Waals surface area contributed by atoms with E-state index in [1.54, 1.807) is 11.3 Å². The summed E-state index contributed by atoms with van der Waals surface area (Å²) in [5.41, 5.74) is 1.05. The van der Waals surface area contributed by atoms with E-state index in [0.717, 1.165) is 23.0 Å². The monoisotopic (exact) mass is 369 g/mol. The maximum atomic E-state index is 13.2. The van der Waals surface area contributed by atoms with Gasteiger partial charge in [-0.25, -0.2) is 4.39 Å². The fourth-order valence-electron chi connectivity index (χ4n) is 2.32. The molecule has 1 N–H and O–H groups in total. The average molecular weight is 370 g/mol. The van der Waals surface area contributed by atoms with Gasteiger partial charge in [0.15, 0.2) is 0 Å². The number of thiophene rings is 1. The summed E-state index contributed by atoms with van der Waals surface area (Å²) in [4.78, 5) is 2.51. The van der Waals surface area contributed by atoms with Crippen LogP contribution in [-0.2, 0) is 0 Å². The van der Waals surface area contributed by atoms with Crippen molar-refractivity contribution in [3.05, 3.63) is 45.5 Å². The SMILES string of the molecule is CCCNC(c1ccc(-c2ccc(F)cc2Br)s1)C(C)C. The van der Waals surface area contributed by atoms with Crippen LogP contribution in [0.15, 0.2) is 34.8 Å². The number of hydrogen-bond acceptors (Lipinski definition) is 2. The molecule has 1 atom stereocenters. The molecular weight excluding hydrogens is 349 g/mol. The molecule has 1 aromatic heterocycles. The molecule has 114 valence electrons. The van der Waals surface area contributed by atoms with Crippen molar-refractivity contribution in [1.29, 1.82) is 0 Å². The molecule has 2 rings (SSSR count). The highest BCUT2D eigenvalue weighted by molar-refractivity contribution is 9.10. The summed E-state index contributed by atoms with van der Waals surface area (Å²) >= 11 is 5.23. The zero-order valence-electron chi connectivity index (χ0n) is 12.6. The first kappa shape index (κ1) is 16.7. The van der Waals surface area contributed by atoms with Crippen LogP contribution in [0.3, 0.4) is 0 Å². The van der Waals surface area contributed by atoms with Gasteiger partial charge >= 0.3 is 0 Å². The van der Waals surface area contributed by atoms with Gasteiger partial charge in [-0.3, -0.25) is 0 Å². The van der Waals surface area contributed by atoms with E-state index in [2.05, 4.69) is 54.2 Å². The lowest BCUT2D eigenvalue weighted by atomic mass is 10.0.